The Morgan fingerprint density at radius 1 is 1.50 bits per heavy atom. The van der Waals surface area contributed by atoms with Crippen molar-refractivity contribution in [2.24, 2.45) is 5.92 Å². The zero-order chi connectivity index (χ0) is 10.6. The third kappa shape index (κ3) is 2.71. The highest BCUT2D eigenvalue weighted by Gasteiger charge is 2.26. The van der Waals surface area contributed by atoms with Crippen molar-refractivity contribution < 1.29 is 9.53 Å². The van der Waals surface area contributed by atoms with Gasteiger partial charge in [-0.25, -0.2) is 0 Å². The van der Waals surface area contributed by atoms with Crippen LogP contribution in [0.25, 0.3) is 0 Å². The van der Waals surface area contributed by atoms with Gasteiger partial charge in [0.1, 0.15) is 0 Å². The Labute approximate surface area is 86.4 Å². The summed E-state index contributed by atoms with van der Waals surface area (Å²) in [4.78, 5) is 13.7. The molecule has 1 aliphatic heterocycles. The van der Waals surface area contributed by atoms with Crippen molar-refractivity contribution in [3.05, 3.63) is 0 Å². The molecule has 1 atom stereocenters. The van der Waals surface area contributed by atoms with Gasteiger partial charge in [-0.3, -0.25) is 4.79 Å². The van der Waals surface area contributed by atoms with Gasteiger partial charge in [-0.05, 0) is 39.3 Å². The van der Waals surface area contributed by atoms with Crippen molar-refractivity contribution in [1.82, 2.24) is 4.90 Å². The smallest absolute Gasteiger partial charge is 0.308 e. The number of piperidine rings is 1. The highest BCUT2D eigenvalue weighted by Crippen LogP contribution is 2.20. The molecule has 0 amide bonds. The summed E-state index contributed by atoms with van der Waals surface area (Å²) in [5, 5.41) is 0. The molecular formula is C11H21NO2. The predicted octanol–water partition coefficient (Wildman–Crippen LogP) is 1.67. The summed E-state index contributed by atoms with van der Waals surface area (Å²) in [5.41, 5.74) is 0. The highest BCUT2D eigenvalue weighted by atomic mass is 16.5. The summed E-state index contributed by atoms with van der Waals surface area (Å²) >= 11 is 0. The molecule has 1 saturated heterocycles. The van der Waals surface area contributed by atoms with E-state index in [1.807, 2.05) is 0 Å². The average Bonchev–Trinajstić information content (AvgIpc) is 2.27. The fourth-order valence-electron chi connectivity index (χ4n) is 2.00. The molecule has 0 spiro atoms. The van der Waals surface area contributed by atoms with Crippen LogP contribution >= 0.6 is 0 Å². The zero-order valence-electron chi connectivity index (χ0n) is 9.45. The van der Waals surface area contributed by atoms with Crippen molar-refractivity contribution >= 4 is 5.97 Å². The van der Waals surface area contributed by atoms with E-state index >= 15 is 0 Å². The van der Waals surface area contributed by atoms with Crippen molar-refractivity contribution in [3.8, 4) is 0 Å². The van der Waals surface area contributed by atoms with Gasteiger partial charge in [-0.1, -0.05) is 6.92 Å². The molecule has 0 bridgehead atoms. The number of carbonyl (C=O) groups excluding carboxylic acids is 1. The number of hydrogen-bond acceptors (Lipinski definition) is 3. The second-order valence-corrected chi connectivity index (χ2v) is 4.09. The van der Waals surface area contributed by atoms with Crippen molar-refractivity contribution in [2.45, 2.75) is 39.2 Å². The maximum absolute atomic E-state index is 11.3. The monoisotopic (exact) mass is 199 g/mol. The second-order valence-electron chi connectivity index (χ2n) is 4.09. The third-order valence-electron chi connectivity index (χ3n) is 3.28. The van der Waals surface area contributed by atoms with Crippen LogP contribution in [0.5, 0.6) is 0 Å². The topological polar surface area (TPSA) is 29.5 Å². The summed E-state index contributed by atoms with van der Waals surface area (Å²) in [6.07, 6.45) is 3.09. The van der Waals surface area contributed by atoms with Gasteiger partial charge in [0.2, 0.25) is 0 Å². The van der Waals surface area contributed by atoms with E-state index in [4.69, 9.17) is 4.74 Å². The largest absolute Gasteiger partial charge is 0.469 e. The quantitative estimate of drug-likeness (QED) is 0.648. The van der Waals surface area contributed by atoms with Gasteiger partial charge in [0.25, 0.3) is 0 Å². The molecule has 0 aromatic rings. The molecule has 0 N–H and O–H groups in total. The van der Waals surface area contributed by atoms with Crippen LogP contribution in [0.15, 0.2) is 0 Å². The van der Waals surface area contributed by atoms with Gasteiger partial charge in [0.15, 0.2) is 0 Å². The lowest BCUT2D eigenvalue weighted by molar-refractivity contribution is -0.147. The van der Waals surface area contributed by atoms with Crippen molar-refractivity contribution in [2.75, 3.05) is 20.2 Å². The molecule has 0 saturated carbocycles. The zero-order valence-corrected chi connectivity index (χ0v) is 9.45. The standard InChI is InChI=1S/C11H21NO2/c1-4-9(2)12-7-5-10(6-8-12)11(13)14-3/h9-10H,4-8H2,1-3H3. The Morgan fingerprint density at radius 3 is 2.50 bits per heavy atom. The van der Waals surface area contributed by atoms with Crippen molar-refractivity contribution in [3.63, 3.8) is 0 Å². The molecular weight excluding hydrogens is 178 g/mol. The minimum Gasteiger partial charge on any atom is -0.469 e. The normalized spacial score (nSPS) is 21.9. The molecule has 1 rings (SSSR count). The number of esters is 1. The lowest BCUT2D eigenvalue weighted by atomic mass is 9.96. The number of carbonyl (C=O) groups is 1. The number of likely N-dealkylation sites (tertiary alicyclic amines) is 1. The lowest BCUT2D eigenvalue weighted by Crippen LogP contribution is -2.41. The first-order chi connectivity index (χ1) is 6.69. The molecule has 0 radical (unpaired) electrons. The van der Waals surface area contributed by atoms with Gasteiger partial charge in [-0.2, -0.15) is 0 Å². The minimum atomic E-state index is -0.0335. The van der Waals surface area contributed by atoms with E-state index in [9.17, 15) is 4.79 Å². The Bertz CT molecular complexity index is 186. The molecule has 14 heavy (non-hydrogen) atoms. The van der Waals surface area contributed by atoms with E-state index in [-0.39, 0.29) is 11.9 Å². The van der Waals surface area contributed by atoms with Gasteiger partial charge < -0.3 is 9.64 Å². The Morgan fingerprint density at radius 2 is 2.07 bits per heavy atom. The van der Waals surface area contributed by atoms with Crippen LogP contribution in [0, 0.1) is 5.92 Å². The van der Waals surface area contributed by atoms with E-state index in [2.05, 4.69) is 18.7 Å². The molecule has 0 aliphatic carbocycles. The van der Waals surface area contributed by atoms with Crippen LogP contribution in [-0.2, 0) is 9.53 Å². The number of methoxy groups -OCH3 is 1. The predicted molar refractivity (Wildman–Crippen MR) is 56.1 cm³/mol. The first-order valence-corrected chi connectivity index (χ1v) is 5.51. The summed E-state index contributed by atoms with van der Waals surface area (Å²) in [6, 6.07) is 0.647. The first-order valence-electron chi connectivity index (χ1n) is 5.51. The molecule has 3 heteroatoms. The van der Waals surface area contributed by atoms with E-state index in [0.717, 1.165) is 25.9 Å². The minimum absolute atomic E-state index is 0.0335. The molecule has 1 aliphatic rings. The number of ether oxygens (including phenoxy) is 1. The van der Waals surface area contributed by atoms with Crippen LogP contribution in [0.3, 0.4) is 0 Å². The molecule has 1 unspecified atom stereocenters. The summed E-state index contributed by atoms with van der Waals surface area (Å²) in [5.74, 6) is 0.106. The van der Waals surface area contributed by atoms with Gasteiger partial charge >= 0.3 is 5.97 Å². The maximum Gasteiger partial charge on any atom is 0.308 e. The van der Waals surface area contributed by atoms with Crippen molar-refractivity contribution in [1.29, 1.82) is 0 Å². The lowest BCUT2D eigenvalue weighted by Gasteiger charge is -2.34. The first kappa shape index (κ1) is 11.5. The average molecular weight is 199 g/mol. The molecule has 1 fully saturated rings. The number of hydrogen-bond donors (Lipinski definition) is 0. The fourth-order valence-corrected chi connectivity index (χ4v) is 2.00. The summed E-state index contributed by atoms with van der Waals surface area (Å²) < 4.78 is 4.75. The van der Waals surface area contributed by atoms with Crippen LogP contribution in [-0.4, -0.2) is 37.1 Å². The molecule has 3 nitrogen and oxygen atoms in total. The van der Waals surface area contributed by atoms with Crippen LogP contribution in [0.1, 0.15) is 33.1 Å². The molecule has 82 valence electrons. The number of rotatable bonds is 3. The van der Waals surface area contributed by atoms with E-state index in [1.165, 1.54) is 13.5 Å². The third-order valence-corrected chi connectivity index (χ3v) is 3.28. The van der Waals surface area contributed by atoms with Gasteiger partial charge in [-0.15, -0.1) is 0 Å². The Balaban J connectivity index is 2.34. The van der Waals surface area contributed by atoms with Gasteiger partial charge in [0, 0.05) is 6.04 Å². The maximum atomic E-state index is 11.3. The summed E-state index contributed by atoms with van der Waals surface area (Å²) in [7, 11) is 1.48. The van der Waals surface area contributed by atoms with Gasteiger partial charge in [0.05, 0.1) is 13.0 Å². The molecule has 0 aromatic heterocycles. The summed E-state index contributed by atoms with van der Waals surface area (Å²) in [6.45, 7) is 6.53. The molecule has 0 aromatic carbocycles. The van der Waals surface area contributed by atoms with Crippen LogP contribution in [0.4, 0.5) is 0 Å². The second kappa shape index (κ2) is 5.35. The highest BCUT2D eigenvalue weighted by molar-refractivity contribution is 5.72. The van der Waals surface area contributed by atoms with E-state index in [0.29, 0.717) is 6.04 Å². The van der Waals surface area contributed by atoms with E-state index < -0.39 is 0 Å². The molecule has 1 heterocycles. The number of nitrogens with zero attached hydrogens (tertiary/aromatic N) is 1. The fraction of sp³-hybridized carbons (Fsp3) is 0.909. The SMILES string of the molecule is CCC(C)N1CCC(C(=O)OC)CC1. The Hall–Kier alpha value is -0.570. The van der Waals surface area contributed by atoms with E-state index in [1.54, 1.807) is 0 Å². The van der Waals surface area contributed by atoms with Crippen LogP contribution < -0.4 is 0 Å². The van der Waals surface area contributed by atoms with Crippen LogP contribution in [0.2, 0.25) is 0 Å². The Kier molecular flexibility index (Phi) is 4.39.